The molecule has 0 bridgehead atoms. The van der Waals surface area contributed by atoms with Crippen molar-refractivity contribution in [1.29, 1.82) is 0 Å². The van der Waals surface area contributed by atoms with Gasteiger partial charge in [-0.25, -0.2) is 0 Å². The molecule has 0 saturated heterocycles. The Balaban J connectivity index is 4.55. The van der Waals surface area contributed by atoms with Gasteiger partial charge in [0.05, 0.1) is 11.8 Å². The first-order valence-corrected chi connectivity index (χ1v) is 10.8. The highest BCUT2D eigenvalue weighted by atomic mass is 16.6. The van der Waals surface area contributed by atoms with Crippen LogP contribution < -0.4 is 0 Å². The zero-order valence-corrected chi connectivity index (χ0v) is 18.2. The molecule has 0 amide bonds. The van der Waals surface area contributed by atoms with Crippen LogP contribution in [0.1, 0.15) is 91.9 Å². The van der Waals surface area contributed by atoms with Gasteiger partial charge in [0.15, 0.2) is 0 Å². The molecule has 2 unspecified atom stereocenters. The Labute approximate surface area is 167 Å². The first kappa shape index (κ1) is 25.6. The normalized spacial score (nSPS) is 13.4. The number of hydrogen-bond donors (Lipinski definition) is 0. The molecule has 0 aliphatic carbocycles. The van der Waals surface area contributed by atoms with Crippen molar-refractivity contribution in [2.24, 2.45) is 23.7 Å². The standard InChI is InChI=1S/C24H42O3/c1-7-9-11-13-15-17-21(19(3)4)23(25)27-24(26)22(20(5)6)18-16-14-12-10-8-2/h7-8,19-22H,1-2,9-18H2,3-6H3. The fourth-order valence-electron chi connectivity index (χ4n) is 3.36. The Morgan fingerprint density at radius 3 is 1.37 bits per heavy atom. The molecule has 0 aliphatic rings. The number of carbonyl (C=O) groups excluding carboxylic acids is 2. The smallest absolute Gasteiger partial charge is 0.316 e. The molecule has 0 aromatic rings. The van der Waals surface area contributed by atoms with Crippen molar-refractivity contribution in [3.8, 4) is 0 Å². The van der Waals surface area contributed by atoms with Crippen LogP contribution in [0.25, 0.3) is 0 Å². The van der Waals surface area contributed by atoms with Gasteiger partial charge in [-0.3, -0.25) is 9.59 Å². The van der Waals surface area contributed by atoms with Gasteiger partial charge in [0.25, 0.3) is 0 Å². The fourth-order valence-corrected chi connectivity index (χ4v) is 3.36. The van der Waals surface area contributed by atoms with Gasteiger partial charge in [0.2, 0.25) is 0 Å². The second-order valence-corrected chi connectivity index (χ2v) is 8.29. The summed E-state index contributed by atoms with van der Waals surface area (Å²) in [6.45, 7) is 15.6. The number of unbranched alkanes of at least 4 members (excludes halogenated alkanes) is 6. The first-order valence-electron chi connectivity index (χ1n) is 10.8. The maximum Gasteiger partial charge on any atom is 0.316 e. The van der Waals surface area contributed by atoms with Crippen molar-refractivity contribution >= 4 is 11.9 Å². The number of allylic oxidation sites excluding steroid dienone is 2. The van der Waals surface area contributed by atoms with E-state index in [1.165, 1.54) is 0 Å². The lowest BCUT2D eigenvalue weighted by atomic mass is 9.89. The minimum atomic E-state index is -0.337. The third-order valence-electron chi connectivity index (χ3n) is 5.26. The minimum Gasteiger partial charge on any atom is -0.393 e. The summed E-state index contributed by atoms with van der Waals surface area (Å²) in [5.74, 6) is -0.703. The van der Waals surface area contributed by atoms with Crippen molar-refractivity contribution in [2.75, 3.05) is 0 Å². The molecule has 0 aromatic carbocycles. The summed E-state index contributed by atoms with van der Waals surface area (Å²) in [4.78, 5) is 25.2. The van der Waals surface area contributed by atoms with E-state index in [0.29, 0.717) is 0 Å². The monoisotopic (exact) mass is 378 g/mol. The lowest BCUT2D eigenvalue weighted by Crippen LogP contribution is -2.30. The van der Waals surface area contributed by atoms with Crippen molar-refractivity contribution in [2.45, 2.75) is 91.9 Å². The van der Waals surface area contributed by atoms with Crippen LogP contribution in [0.15, 0.2) is 25.3 Å². The molecule has 3 heteroatoms. The molecule has 0 saturated carbocycles. The number of carbonyl (C=O) groups is 2. The molecule has 27 heavy (non-hydrogen) atoms. The molecule has 156 valence electrons. The fraction of sp³-hybridized carbons (Fsp3) is 0.750. The maximum absolute atomic E-state index is 12.6. The molecule has 3 nitrogen and oxygen atoms in total. The number of esters is 2. The van der Waals surface area contributed by atoms with Crippen molar-refractivity contribution in [3.63, 3.8) is 0 Å². The second kappa shape index (κ2) is 15.7. The largest absolute Gasteiger partial charge is 0.393 e. The van der Waals surface area contributed by atoms with E-state index in [1.807, 2.05) is 39.8 Å². The molecule has 2 atom stereocenters. The third kappa shape index (κ3) is 11.8. The van der Waals surface area contributed by atoms with Crippen LogP contribution >= 0.6 is 0 Å². The van der Waals surface area contributed by atoms with Gasteiger partial charge in [0, 0.05) is 0 Å². The summed E-state index contributed by atoms with van der Waals surface area (Å²) in [7, 11) is 0. The van der Waals surface area contributed by atoms with Crippen LogP contribution in [0.2, 0.25) is 0 Å². The Morgan fingerprint density at radius 1 is 0.704 bits per heavy atom. The van der Waals surface area contributed by atoms with E-state index in [4.69, 9.17) is 4.74 Å². The molecule has 0 fully saturated rings. The highest BCUT2D eigenvalue weighted by Gasteiger charge is 2.30. The van der Waals surface area contributed by atoms with Crippen molar-refractivity contribution in [1.82, 2.24) is 0 Å². The molecule has 0 aliphatic heterocycles. The van der Waals surface area contributed by atoms with Gasteiger partial charge >= 0.3 is 11.9 Å². The lowest BCUT2D eigenvalue weighted by Gasteiger charge is -2.22. The van der Waals surface area contributed by atoms with E-state index >= 15 is 0 Å². The van der Waals surface area contributed by atoms with Gasteiger partial charge in [0.1, 0.15) is 0 Å². The number of rotatable bonds is 16. The number of hydrogen-bond acceptors (Lipinski definition) is 3. The predicted octanol–water partition coefficient (Wildman–Crippen LogP) is 6.87. The highest BCUT2D eigenvalue weighted by Crippen LogP contribution is 2.25. The van der Waals surface area contributed by atoms with E-state index < -0.39 is 0 Å². The molecule has 0 aromatic heterocycles. The van der Waals surface area contributed by atoms with E-state index in [0.717, 1.165) is 64.2 Å². The van der Waals surface area contributed by atoms with Crippen molar-refractivity contribution in [3.05, 3.63) is 25.3 Å². The summed E-state index contributed by atoms with van der Waals surface area (Å²) < 4.78 is 5.34. The third-order valence-corrected chi connectivity index (χ3v) is 5.26. The average Bonchev–Trinajstić information content (AvgIpc) is 2.60. The maximum atomic E-state index is 12.6. The summed E-state index contributed by atoms with van der Waals surface area (Å²) in [6.07, 6.45) is 13.8. The summed E-state index contributed by atoms with van der Waals surface area (Å²) >= 11 is 0. The van der Waals surface area contributed by atoms with Crippen LogP contribution in [0.4, 0.5) is 0 Å². The lowest BCUT2D eigenvalue weighted by molar-refractivity contribution is -0.167. The van der Waals surface area contributed by atoms with Crippen molar-refractivity contribution < 1.29 is 14.3 Å². The van der Waals surface area contributed by atoms with Gasteiger partial charge in [-0.2, -0.15) is 0 Å². The van der Waals surface area contributed by atoms with Gasteiger partial charge in [-0.1, -0.05) is 65.5 Å². The number of ether oxygens (including phenoxy) is 1. The van der Waals surface area contributed by atoms with E-state index in [9.17, 15) is 9.59 Å². The van der Waals surface area contributed by atoms with E-state index in [-0.39, 0.29) is 35.6 Å². The highest BCUT2D eigenvalue weighted by molar-refractivity contribution is 5.88. The molecule has 0 spiro atoms. The molecular weight excluding hydrogens is 336 g/mol. The predicted molar refractivity (Wildman–Crippen MR) is 114 cm³/mol. The zero-order chi connectivity index (χ0) is 20.7. The van der Waals surface area contributed by atoms with Crippen LogP contribution in [-0.2, 0) is 14.3 Å². The molecule has 0 rings (SSSR count). The summed E-state index contributed by atoms with van der Waals surface area (Å²) in [6, 6.07) is 0. The second-order valence-electron chi connectivity index (χ2n) is 8.29. The van der Waals surface area contributed by atoms with Gasteiger partial charge in [-0.05, 0) is 50.4 Å². The van der Waals surface area contributed by atoms with E-state index in [1.54, 1.807) is 0 Å². The van der Waals surface area contributed by atoms with Crippen LogP contribution in [0.5, 0.6) is 0 Å². The topological polar surface area (TPSA) is 43.4 Å². The zero-order valence-electron chi connectivity index (χ0n) is 18.2. The Hall–Kier alpha value is -1.38. The van der Waals surface area contributed by atoms with E-state index in [2.05, 4.69) is 13.2 Å². The Morgan fingerprint density at radius 2 is 1.07 bits per heavy atom. The molecule has 0 radical (unpaired) electrons. The molecular formula is C24H42O3. The van der Waals surface area contributed by atoms with Gasteiger partial charge in [-0.15, -0.1) is 13.2 Å². The minimum absolute atomic E-state index is 0.182. The summed E-state index contributed by atoms with van der Waals surface area (Å²) in [5, 5.41) is 0. The average molecular weight is 379 g/mol. The Kier molecular flexibility index (Phi) is 14.9. The van der Waals surface area contributed by atoms with Crippen LogP contribution in [0, 0.1) is 23.7 Å². The SMILES string of the molecule is C=CCCCCCC(C(=O)OC(=O)C(CCCCCC=C)C(C)C)C(C)C. The first-order chi connectivity index (χ1) is 12.8. The summed E-state index contributed by atoms with van der Waals surface area (Å²) in [5.41, 5.74) is 0. The Bertz CT molecular complexity index is 397. The van der Waals surface area contributed by atoms with Gasteiger partial charge < -0.3 is 4.74 Å². The van der Waals surface area contributed by atoms with Crippen LogP contribution in [-0.4, -0.2) is 11.9 Å². The molecule has 0 heterocycles. The molecule has 0 N–H and O–H groups in total. The quantitative estimate of drug-likeness (QED) is 0.127. The van der Waals surface area contributed by atoms with Crippen LogP contribution in [0.3, 0.4) is 0 Å².